The van der Waals surface area contributed by atoms with Crippen LogP contribution in [0.3, 0.4) is 0 Å². The van der Waals surface area contributed by atoms with Crippen molar-refractivity contribution in [1.29, 1.82) is 0 Å². The lowest BCUT2D eigenvalue weighted by atomic mass is 9.90. The lowest BCUT2D eigenvalue weighted by molar-refractivity contribution is 0.358. The van der Waals surface area contributed by atoms with Crippen molar-refractivity contribution in [2.45, 2.75) is 31.2 Å². The molecule has 1 unspecified atom stereocenters. The van der Waals surface area contributed by atoms with Crippen molar-refractivity contribution < 1.29 is 0 Å². The Labute approximate surface area is 102 Å². The Morgan fingerprint density at radius 1 is 1.38 bits per heavy atom. The second kappa shape index (κ2) is 5.17. The topological polar surface area (TPSA) is 38.0 Å². The van der Waals surface area contributed by atoms with Crippen LogP contribution in [0.15, 0.2) is 24.3 Å². The Bertz CT molecular complexity index is 346. The smallest absolute Gasteiger partial charge is 0.0437 e. The van der Waals surface area contributed by atoms with Crippen LogP contribution in [-0.2, 0) is 6.42 Å². The van der Waals surface area contributed by atoms with Gasteiger partial charge in [0.15, 0.2) is 0 Å². The molecule has 1 aliphatic heterocycles. The molecule has 0 aliphatic carbocycles. The lowest BCUT2D eigenvalue weighted by Crippen LogP contribution is -2.46. The van der Waals surface area contributed by atoms with E-state index in [9.17, 15) is 0 Å². The van der Waals surface area contributed by atoms with Crippen LogP contribution in [-0.4, -0.2) is 18.6 Å². The average Bonchev–Trinajstić information content (AvgIpc) is 2.78. The summed E-state index contributed by atoms with van der Waals surface area (Å²) in [6, 6.07) is 8.06. The van der Waals surface area contributed by atoms with E-state index < -0.39 is 0 Å². The van der Waals surface area contributed by atoms with Crippen LogP contribution in [0.25, 0.3) is 0 Å². The van der Waals surface area contributed by atoms with Gasteiger partial charge in [0.2, 0.25) is 0 Å². The van der Waals surface area contributed by atoms with Crippen LogP contribution in [0.4, 0.5) is 0 Å². The maximum Gasteiger partial charge on any atom is 0.0437 e. The molecule has 2 nitrogen and oxygen atoms in total. The first-order valence-corrected chi connectivity index (χ1v) is 6.32. The van der Waals surface area contributed by atoms with E-state index in [4.69, 9.17) is 17.3 Å². The number of nitrogens with one attached hydrogen (secondary N) is 1. The first-order chi connectivity index (χ1) is 7.76. The van der Waals surface area contributed by atoms with Crippen LogP contribution in [0.5, 0.6) is 0 Å². The largest absolute Gasteiger partial charge is 0.329 e. The molecule has 0 spiro atoms. The predicted molar refractivity (Wildman–Crippen MR) is 68.8 cm³/mol. The summed E-state index contributed by atoms with van der Waals surface area (Å²) >= 11 is 6.15. The van der Waals surface area contributed by atoms with Gasteiger partial charge in [-0.25, -0.2) is 0 Å². The standard InChI is InChI=1S/C13H19ClN2/c14-12-5-2-1-4-11(12)6-8-13(10-15)7-3-9-16-13/h1-2,4-5,16H,3,6-10,15H2. The van der Waals surface area contributed by atoms with Gasteiger partial charge in [-0.1, -0.05) is 29.8 Å². The van der Waals surface area contributed by atoms with Crippen LogP contribution in [0.1, 0.15) is 24.8 Å². The molecule has 88 valence electrons. The molecule has 2 rings (SSSR count). The van der Waals surface area contributed by atoms with E-state index in [1.165, 1.54) is 18.4 Å². The third-order valence-corrected chi connectivity index (χ3v) is 3.92. The van der Waals surface area contributed by atoms with Crippen LogP contribution in [0, 0.1) is 0 Å². The number of halogens is 1. The number of benzene rings is 1. The summed E-state index contributed by atoms with van der Waals surface area (Å²) in [7, 11) is 0. The normalized spacial score (nSPS) is 24.9. The molecule has 1 aliphatic rings. The highest BCUT2D eigenvalue weighted by Gasteiger charge is 2.31. The van der Waals surface area contributed by atoms with Crippen molar-refractivity contribution in [3.8, 4) is 0 Å². The molecule has 1 heterocycles. The zero-order valence-corrected chi connectivity index (χ0v) is 10.3. The molecule has 3 N–H and O–H groups in total. The number of hydrogen-bond acceptors (Lipinski definition) is 2. The molecular formula is C13H19ClN2. The molecule has 1 atom stereocenters. The fourth-order valence-electron chi connectivity index (χ4n) is 2.43. The summed E-state index contributed by atoms with van der Waals surface area (Å²) in [6.45, 7) is 1.82. The minimum Gasteiger partial charge on any atom is -0.329 e. The third-order valence-electron chi connectivity index (χ3n) is 3.55. The second-order valence-electron chi connectivity index (χ2n) is 4.61. The summed E-state index contributed by atoms with van der Waals surface area (Å²) in [5.41, 5.74) is 7.25. The average molecular weight is 239 g/mol. The summed E-state index contributed by atoms with van der Waals surface area (Å²) in [6.07, 6.45) is 4.50. The number of rotatable bonds is 4. The molecule has 16 heavy (non-hydrogen) atoms. The Morgan fingerprint density at radius 3 is 2.81 bits per heavy atom. The Balaban J connectivity index is 1.98. The lowest BCUT2D eigenvalue weighted by Gasteiger charge is -2.28. The van der Waals surface area contributed by atoms with Gasteiger partial charge in [-0.2, -0.15) is 0 Å². The van der Waals surface area contributed by atoms with E-state index >= 15 is 0 Å². The SMILES string of the molecule is NCC1(CCc2ccccc2Cl)CCCN1. The summed E-state index contributed by atoms with van der Waals surface area (Å²) in [5, 5.41) is 4.41. The summed E-state index contributed by atoms with van der Waals surface area (Å²) < 4.78 is 0. The fourth-order valence-corrected chi connectivity index (χ4v) is 2.66. The van der Waals surface area contributed by atoms with Gasteiger partial charge in [0, 0.05) is 17.1 Å². The summed E-state index contributed by atoms with van der Waals surface area (Å²) in [5.74, 6) is 0. The van der Waals surface area contributed by atoms with E-state index in [2.05, 4.69) is 11.4 Å². The number of nitrogens with two attached hydrogens (primary N) is 1. The molecule has 1 aromatic carbocycles. The third kappa shape index (κ3) is 2.57. The van der Waals surface area contributed by atoms with Crippen LogP contribution < -0.4 is 11.1 Å². The van der Waals surface area contributed by atoms with E-state index in [1.54, 1.807) is 0 Å². The van der Waals surface area contributed by atoms with Crippen LogP contribution >= 0.6 is 11.6 Å². The van der Waals surface area contributed by atoms with Gasteiger partial charge in [-0.05, 0) is 43.9 Å². The molecule has 0 amide bonds. The maximum absolute atomic E-state index is 6.15. The molecular weight excluding hydrogens is 220 g/mol. The van der Waals surface area contributed by atoms with E-state index in [-0.39, 0.29) is 5.54 Å². The number of aryl methyl sites for hydroxylation is 1. The Morgan fingerprint density at radius 2 is 2.19 bits per heavy atom. The first-order valence-electron chi connectivity index (χ1n) is 5.94. The minimum absolute atomic E-state index is 0.152. The predicted octanol–water partition coefficient (Wildman–Crippen LogP) is 2.35. The van der Waals surface area contributed by atoms with Gasteiger partial charge in [0.25, 0.3) is 0 Å². The van der Waals surface area contributed by atoms with Gasteiger partial charge in [0.1, 0.15) is 0 Å². The molecule has 1 aromatic rings. The van der Waals surface area contributed by atoms with E-state index in [1.807, 2.05) is 18.2 Å². The zero-order valence-electron chi connectivity index (χ0n) is 9.51. The molecule has 1 saturated heterocycles. The van der Waals surface area contributed by atoms with Crippen molar-refractivity contribution in [2.75, 3.05) is 13.1 Å². The Hall–Kier alpha value is -0.570. The molecule has 0 saturated carbocycles. The first kappa shape index (κ1) is 11.9. The fraction of sp³-hybridized carbons (Fsp3) is 0.538. The van der Waals surface area contributed by atoms with Gasteiger partial charge >= 0.3 is 0 Å². The summed E-state index contributed by atoms with van der Waals surface area (Å²) in [4.78, 5) is 0. The van der Waals surface area contributed by atoms with Gasteiger partial charge in [0.05, 0.1) is 0 Å². The van der Waals surface area contributed by atoms with Crippen molar-refractivity contribution in [3.63, 3.8) is 0 Å². The molecule has 0 aromatic heterocycles. The van der Waals surface area contributed by atoms with Crippen molar-refractivity contribution >= 4 is 11.6 Å². The Kier molecular flexibility index (Phi) is 3.85. The van der Waals surface area contributed by atoms with E-state index in [0.29, 0.717) is 0 Å². The van der Waals surface area contributed by atoms with Crippen molar-refractivity contribution in [2.24, 2.45) is 5.73 Å². The van der Waals surface area contributed by atoms with E-state index in [0.717, 1.165) is 31.0 Å². The van der Waals surface area contributed by atoms with Crippen molar-refractivity contribution in [1.82, 2.24) is 5.32 Å². The molecule has 0 bridgehead atoms. The highest BCUT2D eigenvalue weighted by atomic mass is 35.5. The van der Waals surface area contributed by atoms with Crippen LogP contribution in [0.2, 0.25) is 5.02 Å². The second-order valence-corrected chi connectivity index (χ2v) is 5.01. The van der Waals surface area contributed by atoms with Gasteiger partial charge in [-0.15, -0.1) is 0 Å². The molecule has 1 fully saturated rings. The highest BCUT2D eigenvalue weighted by molar-refractivity contribution is 6.31. The highest BCUT2D eigenvalue weighted by Crippen LogP contribution is 2.26. The molecule has 3 heteroatoms. The van der Waals surface area contributed by atoms with Crippen molar-refractivity contribution in [3.05, 3.63) is 34.9 Å². The number of hydrogen-bond donors (Lipinski definition) is 2. The monoisotopic (exact) mass is 238 g/mol. The minimum atomic E-state index is 0.152. The molecule has 0 radical (unpaired) electrons. The quantitative estimate of drug-likeness (QED) is 0.845. The maximum atomic E-state index is 6.15. The zero-order chi connectivity index (χ0) is 11.4. The van der Waals surface area contributed by atoms with Gasteiger partial charge < -0.3 is 11.1 Å². The van der Waals surface area contributed by atoms with Gasteiger partial charge in [-0.3, -0.25) is 0 Å².